The van der Waals surface area contributed by atoms with Gasteiger partial charge in [-0.25, -0.2) is 0 Å². The van der Waals surface area contributed by atoms with Gasteiger partial charge < -0.3 is 19.0 Å². The molecular weight excluding hydrogens is 829 g/mol. The fourth-order valence-electron chi connectivity index (χ4n) is 12.5. The number of fused-ring (bicyclic) bond motifs is 17. The van der Waals surface area contributed by atoms with Crippen LogP contribution in [-0.2, 0) is 10.8 Å². The summed E-state index contributed by atoms with van der Waals surface area (Å²) in [6.07, 6.45) is 0. The van der Waals surface area contributed by atoms with Gasteiger partial charge in [0.2, 0.25) is 0 Å². The molecule has 68 heavy (non-hydrogen) atoms. The van der Waals surface area contributed by atoms with Crippen LogP contribution in [0.3, 0.4) is 0 Å². The molecule has 11 aromatic rings. The van der Waals surface area contributed by atoms with E-state index in [9.17, 15) is 0 Å². The SMILES string of the molecule is CC1(C)c2ccccc2-c2ccc(N(c3ccc(-c4ccc5oc6ccccc6c5c4)cc3)c3ccc4c(c3)C3(c5ccccc5-4)c4ccccc4N4c5ccccc5Oc5cccc3c54)cc21. The van der Waals surface area contributed by atoms with Crippen LogP contribution in [-0.4, -0.2) is 0 Å². The second-order valence-corrected chi connectivity index (χ2v) is 19.2. The molecule has 0 radical (unpaired) electrons. The fourth-order valence-corrected chi connectivity index (χ4v) is 12.5. The standard InChI is InChI=1S/C64H42N2O2/c1-63(2)50-17-6-3-14-44(50)46-33-31-42(37-54(46)63)65(41-29-26-39(27-30-41)40-28-35-59-49(36-40)48-16-5-11-23-58(48)67-59)43-32-34-47-45-15-4-7-18-51(45)64(55(47)38-43)52-19-8-9-21-56(52)66-57-22-10-12-24-60(57)68-61-25-13-20-53(64)62(61)66/h3-38H,1-2H3. The first kappa shape index (κ1) is 37.6. The van der Waals surface area contributed by atoms with Crippen molar-refractivity contribution in [3.8, 4) is 44.9 Å². The average molecular weight is 871 g/mol. The van der Waals surface area contributed by atoms with Gasteiger partial charge in [-0.3, -0.25) is 0 Å². The van der Waals surface area contributed by atoms with Crippen molar-refractivity contribution in [1.29, 1.82) is 0 Å². The first-order chi connectivity index (χ1) is 33.5. The van der Waals surface area contributed by atoms with Crippen molar-refractivity contribution in [1.82, 2.24) is 0 Å². The van der Waals surface area contributed by atoms with Crippen molar-refractivity contribution in [2.24, 2.45) is 0 Å². The highest BCUT2D eigenvalue weighted by Crippen LogP contribution is 2.67. The van der Waals surface area contributed by atoms with E-state index in [4.69, 9.17) is 9.15 Å². The Morgan fingerprint density at radius 3 is 1.78 bits per heavy atom. The van der Waals surface area contributed by atoms with Crippen LogP contribution in [0.4, 0.5) is 34.1 Å². The summed E-state index contributed by atoms with van der Waals surface area (Å²) in [4.78, 5) is 4.90. The Kier molecular flexibility index (Phi) is 7.46. The zero-order chi connectivity index (χ0) is 44.9. The van der Waals surface area contributed by atoms with Gasteiger partial charge in [-0.15, -0.1) is 0 Å². The third kappa shape index (κ3) is 4.88. The van der Waals surface area contributed by atoms with Crippen LogP contribution in [0.5, 0.6) is 11.5 Å². The molecule has 0 amide bonds. The summed E-state index contributed by atoms with van der Waals surface area (Å²) < 4.78 is 13.0. The monoisotopic (exact) mass is 870 g/mol. The number of anilines is 6. The number of benzene rings is 10. The maximum atomic E-state index is 6.80. The Morgan fingerprint density at radius 2 is 0.956 bits per heavy atom. The Balaban J connectivity index is 0.952. The van der Waals surface area contributed by atoms with Crippen molar-refractivity contribution < 1.29 is 9.15 Å². The van der Waals surface area contributed by atoms with Gasteiger partial charge in [0.25, 0.3) is 0 Å². The van der Waals surface area contributed by atoms with E-state index in [0.717, 1.165) is 78.7 Å². The quantitative estimate of drug-likeness (QED) is 0.176. The number of furan rings is 1. The van der Waals surface area contributed by atoms with Crippen LogP contribution >= 0.6 is 0 Å². The molecule has 0 fully saturated rings. The minimum Gasteiger partial charge on any atom is -0.456 e. The maximum Gasteiger partial charge on any atom is 0.151 e. The van der Waals surface area contributed by atoms with Gasteiger partial charge in [0.1, 0.15) is 11.2 Å². The predicted octanol–water partition coefficient (Wildman–Crippen LogP) is 17.3. The van der Waals surface area contributed by atoms with E-state index in [0.29, 0.717) is 0 Å². The molecule has 4 aliphatic rings. The Bertz CT molecular complexity index is 3950. The molecule has 1 atom stereocenters. The summed E-state index contributed by atoms with van der Waals surface area (Å²) >= 11 is 0. The van der Waals surface area contributed by atoms with E-state index in [1.165, 1.54) is 55.6 Å². The van der Waals surface area contributed by atoms with E-state index in [1.54, 1.807) is 0 Å². The summed E-state index contributed by atoms with van der Waals surface area (Å²) in [7, 11) is 0. The largest absolute Gasteiger partial charge is 0.456 e. The van der Waals surface area contributed by atoms with Crippen molar-refractivity contribution in [3.05, 3.63) is 252 Å². The summed E-state index contributed by atoms with van der Waals surface area (Å²) in [6.45, 7) is 4.73. The van der Waals surface area contributed by atoms with Crippen LogP contribution in [0.25, 0.3) is 55.3 Å². The van der Waals surface area contributed by atoms with Crippen molar-refractivity contribution in [2.45, 2.75) is 24.7 Å². The molecule has 3 heterocycles. The highest BCUT2D eigenvalue weighted by molar-refractivity contribution is 6.06. The number of hydrogen-bond donors (Lipinski definition) is 0. The molecule has 1 spiro atoms. The Labute approximate surface area is 394 Å². The van der Waals surface area contributed by atoms with Crippen LogP contribution in [0.2, 0.25) is 0 Å². The topological polar surface area (TPSA) is 28.9 Å². The summed E-state index contributed by atoms with van der Waals surface area (Å²) in [5.41, 5.74) is 22.7. The number of nitrogens with zero attached hydrogens (tertiary/aromatic N) is 2. The predicted molar refractivity (Wildman–Crippen MR) is 277 cm³/mol. The van der Waals surface area contributed by atoms with Gasteiger partial charge >= 0.3 is 0 Å². The molecule has 1 unspecified atom stereocenters. The summed E-state index contributed by atoms with van der Waals surface area (Å²) in [5, 5.41) is 2.26. The third-order valence-corrected chi connectivity index (χ3v) is 15.4. The molecule has 2 aliphatic carbocycles. The fraction of sp³-hybridized carbons (Fsp3) is 0.0625. The number of para-hydroxylation sites is 5. The molecule has 4 nitrogen and oxygen atoms in total. The average Bonchev–Trinajstić information content (AvgIpc) is 3.98. The van der Waals surface area contributed by atoms with Crippen LogP contribution in [0.1, 0.15) is 47.2 Å². The first-order valence-corrected chi connectivity index (χ1v) is 23.6. The van der Waals surface area contributed by atoms with Crippen LogP contribution in [0.15, 0.2) is 223 Å². The maximum absolute atomic E-state index is 6.80. The highest BCUT2D eigenvalue weighted by atomic mass is 16.5. The van der Waals surface area contributed by atoms with E-state index >= 15 is 0 Å². The number of rotatable bonds is 4. The molecule has 4 heteroatoms. The van der Waals surface area contributed by atoms with E-state index in [1.807, 2.05) is 12.1 Å². The van der Waals surface area contributed by atoms with Gasteiger partial charge in [-0.05, 0) is 146 Å². The molecule has 1 aromatic heterocycles. The molecule has 15 rings (SSSR count). The summed E-state index contributed by atoms with van der Waals surface area (Å²) in [5.74, 6) is 1.72. The molecule has 2 aliphatic heterocycles. The van der Waals surface area contributed by atoms with Gasteiger partial charge in [0.05, 0.1) is 22.5 Å². The second kappa shape index (κ2) is 13.5. The van der Waals surface area contributed by atoms with E-state index < -0.39 is 5.41 Å². The minimum absolute atomic E-state index is 0.165. The first-order valence-electron chi connectivity index (χ1n) is 23.6. The normalized spacial score (nSPS) is 16.1. The lowest BCUT2D eigenvalue weighted by Crippen LogP contribution is -2.37. The van der Waals surface area contributed by atoms with Crippen molar-refractivity contribution >= 4 is 56.1 Å². The van der Waals surface area contributed by atoms with Gasteiger partial charge in [0.15, 0.2) is 11.5 Å². The molecule has 0 saturated carbocycles. The zero-order valence-corrected chi connectivity index (χ0v) is 37.5. The van der Waals surface area contributed by atoms with Gasteiger partial charge in [-0.2, -0.15) is 0 Å². The van der Waals surface area contributed by atoms with Crippen LogP contribution < -0.4 is 14.5 Å². The van der Waals surface area contributed by atoms with E-state index in [-0.39, 0.29) is 5.41 Å². The van der Waals surface area contributed by atoms with Crippen molar-refractivity contribution in [3.63, 3.8) is 0 Å². The smallest absolute Gasteiger partial charge is 0.151 e. The molecular formula is C64H42N2O2. The lowest BCUT2D eigenvalue weighted by molar-refractivity contribution is 0.473. The second-order valence-electron chi connectivity index (χ2n) is 19.2. The molecule has 0 N–H and O–H groups in total. The molecule has 0 bridgehead atoms. The van der Waals surface area contributed by atoms with Crippen molar-refractivity contribution in [2.75, 3.05) is 9.80 Å². The number of hydrogen-bond acceptors (Lipinski definition) is 4. The van der Waals surface area contributed by atoms with E-state index in [2.05, 4.69) is 230 Å². The lowest BCUT2D eigenvalue weighted by Gasteiger charge is -2.47. The third-order valence-electron chi connectivity index (χ3n) is 15.4. The zero-order valence-electron chi connectivity index (χ0n) is 37.5. The molecule has 320 valence electrons. The molecule has 0 saturated heterocycles. The number of ether oxygens (including phenoxy) is 1. The van der Waals surface area contributed by atoms with Gasteiger partial charge in [-0.1, -0.05) is 153 Å². The molecule has 10 aromatic carbocycles. The Hall–Kier alpha value is -8.60. The Morgan fingerprint density at radius 1 is 0.382 bits per heavy atom. The van der Waals surface area contributed by atoms with Gasteiger partial charge in [0, 0.05) is 33.2 Å². The lowest BCUT2D eigenvalue weighted by atomic mass is 9.64. The highest BCUT2D eigenvalue weighted by Gasteiger charge is 2.53. The van der Waals surface area contributed by atoms with Crippen LogP contribution in [0, 0.1) is 0 Å². The summed E-state index contributed by atoms with van der Waals surface area (Å²) in [6, 6.07) is 80.2. The minimum atomic E-state index is -0.636.